The van der Waals surface area contributed by atoms with E-state index in [1.54, 1.807) is 26.0 Å². The summed E-state index contributed by atoms with van der Waals surface area (Å²) >= 11 is 1.53. The van der Waals surface area contributed by atoms with Gasteiger partial charge in [-0.2, -0.15) is 4.31 Å². The first kappa shape index (κ1) is 20.0. The number of aromatic nitrogens is 1. The lowest BCUT2D eigenvalue weighted by Gasteiger charge is -2.18. The third kappa shape index (κ3) is 4.23. The molecule has 3 rings (SSSR count). The number of anilines is 1. The number of carbonyl (C=O) groups excluding carboxylic acids is 1. The Balaban J connectivity index is 1.73. The van der Waals surface area contributed by atoms with Crippen LogP contribution in [0.1, 0.15) is 48.1 Å². The fraction of sp³-hybridized carbons (Fsp3) is 0.474. The summed E-state index contributed by atoms with van der Waals surface area (Å²) in [5.41, 5.74) is 1.50. The standard InChI is InChI=1S/C19H25N3O3S2/c1-4-22(5-2)27(24,25)15-9-7-14(8-10-15)18(23)21-19-20-16-11-6-13(3)12-17(16)26-19/h7-10,13H,4-6,11-12H2,1-3H3,(H,20,21,23)/t13-/m1/s1. The van der Waals surface area contributed by atoms with Crippen molar-refractivity contribution in [3.63, 3.8) is 0 Å². The molecular weight excluding hydrogens is 382 g/mol. The molecule has 0 saturated heterocycles. The zero-order chi connectivity index (χ0) is 19.6. The Hall–Kier alpha value is -1.77. The molecule has 0 fully saturated rings. The minimum atomic E-state index is -3.52. The zero-order valence-corrected chi connectivity index (χ0v) is 17.5. The summed E-state index contributed by atoms with van der Waals surface area (Å²) in [6.45, 7) is 6.66. The van der Waals surface area contributed by atoms with Crippen molar-refractivity contribution in [2.75, 3.05) is 18.4 Å². The van der Waals surface area contributed by atoms with Gasteiger partial charge in [0.25, 0.3) is 5.91 Å². The molecule has 146 valence electrons. The summed E-state index contributed by atoms with van der Waals surface area (Å²) in [6.07, 6.45) is 3.11. The van der Waals surface area contributed by atoms with Crippen LogP contribution in [0.25, 0.3) is 0 Å². The van der Waals surface area contributed by atoms with E-state index in [0.29, 0.717) is 29.7 Å². The summed E-state index contributed by atoms with van der Waals surface area (Å²) in [5.74, 6) is 0.378. The van der Waals surface area contributed by atoms with Crippen LogP contribution in [-0.4, -0.2) is 36.7 Å². The Kier molecular flexibility index (Phi) is 5.98. The van der Waals surface area contributed by atoms with Crippen molar-refractivity contribution in [2.45, 2.75) is 44.9 Å². The van der Waals surface area contributed by atoms with E-state index in [9.17, 15) is 13.2 Å². The predicted octanol–water partition coefficient (Wildman–Crippen LogP) is 3.55. The number of nitrogens with zero attached hydrogens (tertiary/aromatic N) is 2. The van der Waals surface area contributed by atoms with Crippen molar-refractivity contribution in [3.8, 4) is 0 Å². The van der Waals surface area contributed by atoms with Crippen LogP contribution in [0.15, 0.2) is 29.2 Å². The third-order valence-corrected chi connectivity index (χ3v) is 7.97. The van der Waals surface area contributed by atoms with E-state index in [1.165, 1.54) is 32.7 Å². The molecule has 2 aromatic rings. The molecule has 0 spiro atoms. The second-order valence-corrected chi connectivity index (χ2v) is 9.83. The van der Waals surface area contributed by atoms with Gasteiger partial charge in [-0.15, -0.1) is 11.3 Å². The fourth-order valence-electron chi connectivity index (χ4n) is 3.25. The number of fused-ring (bicyclic) bond motifs is 1. The van der Waals surface area contributed by atoms with Gasteiger partial charge in [-0.25, -0.2) is 13.4 Å². The molecule has 8 heteroatoms. The number of hydrogen-bond acceptors (Lipinski definition) is 5. The highest BCUT2D eigenvalue weighted by molar-refractivity contribution is 7.89. The fourth-order valence-corrected chi connectivity index (χ4v) is 5.88. The maximum Gasteiger partial charge on any atom is 0.257 e. The lowest BCUT2D eigenvalue weighted by molar-refractivity contribution is 0.102. The summed E-state index contributed by atoms with van der Waals surface area (Å²) < 4.78 is 26.4. The van der Waals surface area contributed by atoms with Crippen LogP contribution in [0.4, 0.5) is 5.13 Å². The smallest absolute Gasteiger partial charge is 0.257 e. The molecule has 1 atom stereocenters. The molecule has 1 N–H and O–H groups in total. The Labute approximate surface area is 164 Å². The SMILES string of the molecule is CCN(CC)S(=O)(=O)c1ccc(C(=O)Nc2nc3c(s2)C[C@H](C)CC3)cc1. The van der Waals surface area contributed by atoms with Gasteiger partial charge in [0, 0.05) is 23.5 Å². The zero-order valence-electron chi connectivity index (χ0n) is 15.9. The van der Waals surface area contributed by atoms with Gasteiger partial charge in [-0.05, 0) is 49.4 Å². The summed E-state index contributed by atoms with van der Waals surface area (Å²) in [4.78, 5) is 18.5. The summed E-state index contributed by atoms with van der Waals surface area (Å²) in [7, 11) is -3.52. The number of thiazole rings is 1. The normalized spacial score (nSPS) is 17.0. The molecule has 27 heavy (non-hydrogen) atoms. The van der Waals surface area contributed by atoms with Crippen LogP contribution < -0.4 is 5.32 Å². The van der Waals surface area contributed by atoms with Crippen LogP contribution in [0.5, 0.6) is 0 Å². The van der Waals surface area contributed by atoms with E-state index >= 15 is 0 Å². The number of hydrogen-bond donors (Lipinski definition) is 1. The van der Waals surface area contributed by atoms with E-state index in [1.807, 2.05) is 0 Å². The molecule has 0 unspecified atom stereocenters. The van der Waals surface area contributed by atoms with Crippen molar-refractivity contribution >= 4 is 32.4 Å². The van der Waals surface area contributed by atoms with E-state index in [2.05, 4.69) is 17.2 Å². The van der Waals surface area contributed by atoms with Gasteiger partial charge in [0.2, 0.25) is 10.0 Å². The van der Waals surface area contributed by atoms with Crippen LogP contribution in [0.2, 0.25) is 0 Å². The molecule has 0 radical (unpaired) electrons. The van der Waals surface area contributed by atoms with Crippen LogP contribution >= 0.6 is 11.3 Å². The monoisotopic (exact) mass is 407 g/mol. The highest BCUT2D eigenvalue weighted by Gasteiger charge is 2.23. The molecule has 1 amide bonds. The first-order valence-corrected chi connectivity index (χ1v) is 11.5. The number of rotatable bonds is 6. The van der Waals surface area contributed by atoms with E-state index in [-0.39, 0.29) is 10.8 Å². The molecule has 0 saturated carbocycles. The van der Waals surface area contributed by atoms with Crippen molar-refractivity contribution < 1.29 is 13.2 Å². The van der Waals surface area contributed by atoms with E-state index in [0.717, 1.165) is 25.0 Å². The van der Waals surface area contributed by atoms with Gasteiger partial charge < -0.3 is 0 Å². The quantitative estimate of drug-likeness (QED) is 0.794. The van der Waals surface area contributed by atoms with Crippen LogP contribution in [0, 0.1) is 5.92 Å². The van der Waals surface area contributed by atoms with Crippen LogP contribution in [-0.2, 0) is 22.9 Å². The molecule has 0 bridgehead atoms. The van der Waals surface area contributed by atoms with Gasteiger partial charge in [0.15, 0.2) is 5.13 Å². The van der Waals surface area contributed by atoms with Crippen molar-refractivity contribution in [1.29, 1.82) is 0 Å². The van der Waals surface area contributed by atoms with Gasteiger partial charge >= 0.3 is 0 Å². The Bertz CT molecular complexity index is 916. The largest absolute Gasteiger partial charge is 0.298 e. The number of nitrogens with one attached hydrogen (secondary N) is 1. The summed E-state index contributed by atoms with van der Waals surface area (Å²) in [5, 5.41) is 3.45. The second kappa shape index (κ2) is 8.08. The molecule has 1 aromatic heterocycles. The van der Waals surface area contributed by atoms with Crippen molar-refractivity contribution in [3.05, 3.63) is 40.4 Å². The highest BCUT2D eigenvalue weighted by Crippen LogP contribution is 2.32. The Morgan fingerprint density at radius 3 is 2.56 bits per heavy atom. The Morgan fingerprint density at radius 2 is 1.93 bits per heavy atom. The maximum absolute atomic E-state index is 12.5. The predicted molar refractivity (Wildman–Crippen MR) is 108 cm³/mol. The first-order valence-electron chi connectivity index (χ1n) is 9.25. The average Bonchev–Trinajstić information content (AvgIpc) is 3.03. The average molecular weight is 408 g/mol. The van der Waals surface area contributed by atoms with Crippen LogP contribution in [0.3, 0.4) is 0 Å². The minimum absolute atomic E-state index is 0.196. The number of benzene rings is 1. The Morgan fingerprint density at radius 1 is 1.26 bits per heavy atom. The number of carbonyl (C=O) groups is 1. The number of aryl methyl sites for hydroxylation is 1. The lowest BCUT2D eigenvalue weighted by Crippen LogP contribution is -2.30. The van der Waals surface area contributed by atoms with Gasteiger partial charge in [-0.1, -0.05) is 20.8 Å². The third-order valence-electron chi connectivity index (χ3n) is 4.87. The molecule has 1 heterocycles. The molecular formula is C19H25N3O3S2. The minimum Gasteiger partial charge on any atom is -0.298 e. The molecule has 1 aliphatic rings. The maximum atomic E-state index is 12.5. The highest BCUT2D eigenvalue weighted by atomic mass is 32.2. The number of amides is 1. The van der Waals surface area contributed by atoms with Crippen molar-refractivity contribution in [1.82, 2.24) is 9.29 Å². The van der Waals surface area contributed by atoms with Gasteiger partial charge in [-0.3, -0.25) is 10.1 Å². The first-order chi connectivity index (χ1) is 12.8. The lowest BCUT2D eigenvalue weighted by atomic mass is 9.93. The second-order valence-electron chi connectivity index (χ2n) is 6.80. The topological polar surface area (TPSA) is 79.4 Å². The molecule has 1 aliphatic carbocycles. The molecule has 1 aromatic carbocycles. The number of sulfonamides is 1. The van der Waals surface area contributed by atoms with E-state index < -0.39 is 10.0 Å². The van der Waals surface area contributed by atoms with E-state index in [4.69, 9.17) is 0 Å². The van der Waals surface area contributed by atoms with Crippen molar-refractivity contribution in [2.24, 2.45) is 5.92 Å². The summed E-state index contributed by atoms with van der Waals surface area (Å²) in [6, 6.07) is 6.05. The molecule has 0 aliphatic heterocycles. The van der Waals surface area contributed by atoms with Gasteiger partial charge in [0.1, 0.15) is 0 Å². The van der Waals surface area contributed by atoms with Gasteiger partial charge in [0.05, 0.1) is 10.6 Å². The molecule has 6 nitrogen and oxygen atoms in total.